The molecular weight excluding hydrogens is 362 g/mol. The zero-order valence-corrected chi connectivity index (χ0v) is 15.5. The minimum Gasteiger partial charge on any atom is -0.352 e. The molecule has 0 radical (unpaired) electrons. The fourth-order valence-electron chi connectivity index (χ4n) is 3.30. The first kappa shape index (κ1) is 18.2. The van der Waals surface area contributed by atoms with E-state index in [1.54, 1.807) is 36.1 Å². The van der Waals surface area contributed by atoms with Crippen molar-refractivity contribution in [2.75, 3.05) is 31.1 Å². The van der Waals surface area contributed by atoms with Gasteiger partial charge >= 0.3 is 0 Å². The van der Waals surface area contributed by atoms with E-state index in [0.717, 1.165) is 17.1 Å². The number of carbonyl (C=O) groups is 1. The maximum Gasteiger partial charge on any atom is 0.254 e. The Morgan fingerprint density at radius 1 is 1.00 bits per heavy atom. The molecule has 0 unspecified atom stereocenters. The molecule has 0 aliphatic carbocycles. The molecule has 4 rings (SSSR count). The second kappa shape index (κ2) is 7.42. The lowest BCUT2D eigenvalue weighted by molar-refractivity contribution is 0.0746. The van der Waals surface area contributed by atoms with Crippen molar-refractivity contribution in [3.63, 3.8) is 0 Å². The summed E-state index contributed by atoms with van der Waals surface area (Å²) in [4.78, 5) is 16.4. The van der Waals surface area contributed by atoms with Crippen LogP contribution in [0.25, 0.3) is 11.3 Å². The molecule has 1 N–H and O–H groups in total. The van der Waals surface area contributed by atoms with Crippen LogP contribution < -0.4 is 4.90 Å². The Hall–Kier alpha value is -3.22. The molecule has 1 fully saturated rings. The van der Waals surface area contributed by atoms with Crippen LogP contribution in [-0.4, -0.2) is 47.2 Å². The van der Waals surface area contributed by atoms with Crippen LogP contribution in [0.15, 0.2) is 48.5 Å². The maximum atomic E-state index is 13.7. The summed E-state index contributed by atoms with van der Waals surface area (Å²) in [7, 11) is 0. The average molecular weight is 382 g/mol. The molecule has 0 bridgehead atoms. The van der Waals surface area contributed by atoms with Crippen molar-refractivity contribution in [2.24, 2.45) is 0 Å². The monoisotopic (exact) mass is 382 g/mol. The van der Waals surface area contributed by atoms with Crippen LogP contribution in [0.1, 0.15) is 15.9 Å². The number of benzene rings is 2. The Labute approximate surface area is 161 Å². The second-order valence-corrected chi connectivity index (χ2v) is 6.89. The number of rotatable bonds is 3. The van der Waals surface area contributed by atoms with Gasteiger partial charge in [0.15, 0.2) is 5.82 Å². The summed E-state index contributed by atoms with van der Waals surface area (Å²) in [5.41, 5.74) is 2.56. The summed E-state index contributed by atoms with van der Waals surface area (Å²) < 4.78 is 26.8. The predicted octanol–water partition coefficient (Wildman–Crippen LogP) is 3.63. The highest BCUT2D eigenvalue weighted by Gasteiger charge is 2.24. The van der Waals surface area contributed by atoms with E-state index in [-0.39, 0.29) is 17.5 Å². The highest BCUT2D eigenvalue weighted by molar-refractivity contribution is 5.94. The van der Waals surface area contributed by atoms with Crippen molar-refractivity contribution in [3.8, 4) is 11.3 Å². The Morgan fingerprint density at radius 3 is 2.39 bits per heavy atom. The first-order valence-electron chi connectivity index (χ1n) is 9.13. The van der Waals surface area contributed by atoms with Crippen LogP contribution in [-0.2, 0) is 0 Å². The van der Waals surface area contributed by atoms with Gasteiger partial charge in [-0.2, -0.15) is 5.10 Å². The largest absolute Gasteiger partial charge is 0.352 e. The Bertz CT molecular complexity index is 992. The molecule has 0 atom stereocenters. The lowest BCUT2D eigenvalue weighted by Gasteiger charge is -2.34. The van der Waals surface area contributed by atoms with Gasteiger partial charge in [-0.15, -0.1) is 0 Å². The van der Waals surface area contributed by atoms with Crippen molar-refractivity contribution in [2.45, 2.75) is 6.92 Å². The first-order chi connectivity index (χ1) is 13.5. The van der Waals surface area contributed by atoms with Gasteiger partial charge in [0.1, 0.15) is 11.6 Å². The predicted molar refractivity (Wildman–Crippen MR) is 103 cm³/mol. The Morgan fingerprint density at radius 2 is 1.71 bits per heavy atom. The number of aryl methyl sites for hydroxylation is 1. The van der Waals surface area contributed by atoms with Crippen molar-refractivity contribution in [3.05, 3.63) is 71.3 Å². The summed E-state index contributed by atoms with van der Waals surface area (Å²) in [5.74, 6) is -0.0209. The smallest absolute Gasteiger partial charge is 0.254 e. The molecule has 0 saturated carbocycles. The molecule has 0 spiro atoms. The summed E-state index contributed by atoms with van der Waals surface area (Å²) in [6.45, 7) is 4.01. The number of H-pyrrole nitrogens is 1. The van der Waals surface area contributed by atoms with Crippen molar-refractivity contribution < 1.29 is 13.6 Å². The number of hydrogen-bond acceptors (Lipinski definition) is 3. The third-order valence-corrected chi connectivity index (χ3v) is 5.03. The van der Waals surface area contributed by atoms with Crippen LogP contribution in [0, 0.1) is 18.6 Å². The molecule has 7 heteroatoms. The third-order valence-electron chi connectivity index (χ3n) is 5.03. The van der Waals surface area contributed by atoms with Gasteiger partial charge in [0, 0.05) is 37.8 Å². The Kier molecular flexibility index (Phi) is 4.81. The van der Waals surface area contributed by atoms with Gasteiger partial charge in [0.25, 0.3) is 5.91 Å². The van der Waals surface area contributed by atoms with Crippen molar-refractivity contribution >= 4 is 11.7 Å². The molecule has 1 aliphatic rings. The zero-order valence-electron chi connectivity index (χ0n) is 15.5. The molecule has 2 heterocycles. The molecule has 3 aromatic rings. The quantitative estimate of drug-likeness (QED) is 0.753. The van der Waals surface area contributed by atoms with Crippen LogP contribution in [0.4, 0.5) is 14.6 Å². The van der Waals surface area contributed by atoms with Gasteiger partial charge in [-0.25, -0.2) is 8.78 Å². The fourth-order valence-corrected chi connectivity index (χ4v) is 3.30. The highest BCUT2D eigenvalue weighted by atomic mass is 19.1. The fraction of sp³-hybridized carbons (Fsp3) is 0.238. The van der Waals surface area contributed by atoms with Crippen molar-refractivity contribution in [1.29, 1.82) is 0 Å². The number of carbonyl (C=O) groups excluding carboxylic acids is 1. The minimum absolute atomic E-state index is 0.160. The van der Waals surface area contributed by atoms with Gasteiger partial charge in [0.2, 0.25) is 0 Å². The molecule has 2 aromatic carbocycles. The lowest BCUT2D eigenvalue weighted by atomic mass is 10.1. The number of hydrogen-bond donors (Lipinski definition) is 1. The third kappa shape index (κ3) is 3.60. The number of aromatic nitrogens is 2. The van der Waals surface area contributed by atoms with Gasteiger partial charge in [0.05, 0.1) is 5.69 Å². The van der Waals surface area contributed by atoms with E-state index < -0.39 is 0 Å². The average Bonchev–Trinajstić information content (AvgIpc) is 3.20. The number of anilines is 1. The molecular formula is C21H20F2N4O. The number of piperazine rings is 1. The molecule has 28 heavy (non-hydrogen) atoms. The first-order valence-corrected chi connectivity index (χ1v) is 9.13. The standard InChI is InChI=1S/C21H20F2N4O/c1-14-2-3-16(12-18(14)23)21(28)27-10-8-26(9-11-27)20-13-19(24-25-20)15-4-6-17(22)7-5-15/h2-7,12-13H,8-11H2,1H3,(H,24,25). The van der Waals surface area contributed by atoms with Crippen molar-refractivity contribution in [1.82, 2.24) is 15.1 Å². The van der Waals surface area contributed by atoms with E-state index in [1.165, 1.54) is 18.2 Å². The van der Waals surface area contributed by atoms with Gasteiger partial charge in [-0.05, 0) is 54.4 Å². The summed E-state index contributed by atoms with van der Waals surface area (Å²) in [6, 6.07) is 12.7. The van der Waals surface area contributed by atoms with E-state index in [0.29, 0.717) is 37.3 Å². The molecule has 5 nitrogen and oxygen atoms in total. The van der Waals surface area contributed by atoms with Crippen LogP contribution in [0.3, 0.4) is 0 Å². The van der Waals surface area contributed by atoms with E-state index in [9.17, 15) is 13.6 Å². The minimum atomic E-state index is -0.366. The topological polar surface area (TPSA) is 52.2 Å². The normalized spacial score (nSPS) is 14.4. The summed E-state index contributed by atoms with van der Waals surface area (Å²) in [5, 5.41) is 7.32. The molecule has 1 aromatic heterocycles. The SMILES string of the molecule is Cc1ccc(C(=O)N2CCN(c3cc(-c4ccc(F)cc4)[nH]n3)CC2)cc1F. The Balaban J connectivity index is 1.41. The van der Waals surface area contributed by atoms with Crippen LogP contribution >= 0.6 is 0 Å². The number of halogens is 2. The van der Waals surface area contributed by atoms with E-state index in [4.69, 9.17) is 0 Å². The van der Waals surface area contributed by atoms with Crippen LogP contribution in [0.5, 0.6) is 0 Å². The summed E-state index contributed by atoms with van der Waals surface area (Å²) in [6.07, 6.45) is 0. The second-order valence-electron chi connectivity index (χ2n) is 6.89. The van der Waals surface area contributed by atoms with Gasteiger partial charge in [-0.1, -0.05) is 6.07 Å². The number of aromatic amines is 1. The zero-order chi connectivity index (χ0) is 19.7. The van der Waals surface area contributed by atoms with Crippen LogP contribution in [0.2, 0.25) is 0 Å². The molecule has 1 amide bonds. The van der Waals surface area contributed by atoms with Gasteiger partial charge in [-0.3, -0.25) is 9.89 Å². The summed E-state index contributed by atoms with van der Waals surface area (Å²) >= 11 is 0. The number of nitrogens with one attached hydrogen (secondary N) is 1. The lowest BCUT2D eigenvalue weighted by Crippen LogP contribution is -2.49. The molecule has 1 aliphatic heterocycles. The van der Waals surface area contributed by atoms with E-state index in [1.807, 2.05) is 6.07 Å². The van der Waals surface area contributed by atoms with E-state index >= 15 is 0 Å². The maximum absolute atomic E-state index is 13.7. The highest BCUT2D eigenvalue weighted by Crippen LogP contribution is 2.23. The van der Waals surface area contributed by atoms with E-state index in [2.05, 4.69) is 15.1 Å². The molecule has 1 saturated heterocycles. The number of amides is 1. The molecule has 144 valence electrons. The number of nitrogens with zero attached hydrogens (tertiary/aromatic N) is 3. The van der Waals surface area contributed by atoms with Gasteiger partial charge < -0.3 is 9.80 Å².